The lowest BCUT2D eigenvalue weighted by atomic mass is 9.99. The fraction of sp³-hybridized carbons (Fsp3) is 0.263. The van der Waals surface area contributed by atoms with Crippen molar-refractivity contribution in [1.82, 2.24) is 10.2 Å². The highest BCUT2D eigenvalue weighted by Gasteiger charge is 2.30. The highest BCUT2D eigenvalue weighted by atomic mass is 16.5. The normalized spacial score (nSPS) is 14.0. The third kappa shape index (κ3) is 3.80. The lowest BCUT2D eigenvalue weighted by Gasteiger charge is -2.37. The molecule has 2 N–H and O–H groups in total. The van der Waals surface area contributed by atoms with Crippen molar-refractivity contribution in [3.05, 3.63) is 59.7 Å². The molecule has 1 heterocycles. The molecule has 0 spiro atoms. The van der Waals surface area contributed by atoms with Gasteiger partial charge in [0.15, 0.2) is 0 Å². The highest BCUT2D eigenvalue weighted by molar-refractivity contribution is 5.96. The molecular formula is C19H20N2O4. The molecular weight excluding hydrogens is 320 g/mol. The van der Waals surface area contributed by atoms with Crippen molar-refractivity contribution < 1.29 is 19.4 Å². The van der Waals surface area contributed by atoms with Gasteiger partial charge in [0, 0.05) is 13.7 Å². The molecule has 0 radical (unpaired) electrons. The van der Waals surface area contributed by atoms with Gasteiger partial charge in [-0.1, -0.05) is 42.5 Å². The van der Waals surface area contributed by atoms with Crippen molar-refractivity contribution in [2.45, 2.75) is 12.6 Å². The maximum atomic E-state index is 12.0. The Hall–Kier alpha value is -2.86. The topological polar surface area (TPSA) is 78.9 Å². The summed E-state index contributed by atoms with van der Waals surface area (Å²) in [5.41, 5.74) is 2.73. The molecule has 1 saturated heterocycles. The van der Waals surface area contributed by atoms with Crippen LogP contribution in [0.4, 0.5) is 4.79 Å². The van der Waals surface area contributed by atoms with E-state index >= 15 is 0 Å². The van der Waals surface area contributed by atoms with E-state index in [2.05, 4.69) is 5.32 Å². The predicted octanol–water partition coefficient (Wildman–Crippen LogP) is 2.59. The quantitative estimate of drug-likeness (QED) is 0.877. The van der Waals surface area contributed by atoms with Crippen LogP contribution in [0.25, 0.3) is 11.1 Å². The Morgan fingerprint density at radius 3 is 2.48 bits per heavy atom. The molecule has 0 saturated carbocycles. The van der Waals surface area contributed by atoms with Crippen LogP contribution < -0.4 is 5.32 Å². The summed E-state index contributed by atoms with van der Waals surface area (Å²) in [7, 11) is 1.64. The molecule has 6 nitrogen and oxygen atoms in total. The predicted molar refractivity (Wildman–Crippen MR) is 93.4 cm³/mol. The number of hydrogen-bond acceptors (Lipinski definition) is 3. The number of benzene rings is 2. The van der Waals surface area contributed by atoms with Gasteiger partial charge in [-0.15, -0.1) is 0 Å². The van der Waals surface area contributed by atoms with Gasteiger partial charge in [-0.3, -0.25) is 0 Å². The van der Waals surface area contributed by atoms with Crippen LogP contribution in [0.15, 0.2) is 48.5 Å². The van der Waals surface area contributed by atoms with Gasteiger partial charge in [-0.25, -0.2) is 9.59 Å². The molecule has 130 valence electrons. The third-order valence-electron chi connectivity index (χ3n) is 4.33. The zero-order valence-electron chi connectivity index (χ0n) is 13.9. The molecule has 0 unspecified atom stereocenters. The van der Waals surface area contributed by atoms with E-state index in [1.807, 2.05) is 30.3 Å². The van der Waals surface area contributed by atoms with Crippen LogP contribution in [0.5, 0.6) is 0 Å². The van der Waals surface area contributed by atoms with E-state index in [1.165, 1.54) is 0 Å². The number of carbonyl (C=O) groups is 2. The van der Waals surface area contributed by atoms with Crippen LogP contribution in [0.3, 0.4) is 0 Å². The molecule has 25 heavy (non-hydrogen) atoms. The van der Waals surface area contributed by atoms with Crippen LogP contribution >= 0.6 is 0 Å². The summed E-state index contributed by atoms with van der Waals surface area (Å²) in [5, 5.41) is 12.2. The summed E-state index contributed by atoms with van der Waals surface area (Å²) in [6.45, 7) is 1.66. The van der Waals surface area contributed by atoms with Gasteiger partial charge >= 0.3 is 12.0 Å². The minimum atomic E-state index is -0.948. The van der Waals surface area contributed by atoms with Crippen LogP contribution in [-0.2, 0) is 11.3 Å². The van der Waals surface area contributed by atoms with E-state index < -0.39 is 5.97 Å². The number of hydrogen-bond donors (Lipinski definition) is 2. The van der Waals surface area contributed by atoms with Crippen LogP contribution in [-0.4, -0.2) is 48.3 Å². The Labute approximate surface area is 146 Å². The smallest absolute Gasteiger partial charge is 0.336 e. The SMILES string of the molecule is COC1CN(C(=O)NCc2ccc(-c3ccccc3C(=O)O)cc2)C1. The Morgan fingerprint density at radius 2 is 1.84 bits per heavy atom. The number of aromatic carboxylic acids is 1. The van der Waals surface area contributed by atoms with Gasteiger partial charge < -0.3 is 20.1 Å². The number of nitrogens with zero attached hydrogens (tertiary/aromatic N) is 1. The molecule has 1 aliphatic heterocycles. The number of urea groups is 1. The average molecular weight is 340 g/mol. The minimum Gasteiger partial charge on any atom is -0.478 e. The van der Waals surface area contributed by atoms with E-state index in [0.717, 1.165) is 11.1 Å². The molecule has 2 aromatic carbocycles. The number of nitrogens with one attached hydrogen (secondary N) is 1. The van der Waals surface area contributed by atoms with E-state index in [9.17, 15) is 14.7 Å². The summed E-state index contributed by atoms with van der Waals surface area (Å²) in [6, 6.07) is 14.3. The first kappa shape index (κ1) is 17.0. The minimum absolute atomic E-state index is 0.103. The first-order valence-electron chi connectivity index (χ1n) is 8.05. The number of carboxylic acid groups (broad SMARTS) is 1. The molecule has 2 amide bonds. The molecule has 0 bridgehead atoms. The molecule has 0 aromatic heterocycles. The van der Waals surface area contributed by atoms with Crippen molar-refractivity contribution in [1.29, 1.82) is 0 Å². The van der Waals surface area contributed by atoms with Gasteiger partial charge in [0.05, 0.1) is 24.8 Å². The maximum Gasteiger partial charge on any atom is 0.336 e. The van der Waals surface area contributed by atoms with Gasteiger partial charge in [-0.2, -0.15) is 0 Å². The molecule has 2 aromatic rings. The van der Waals surface area contributed by atoms with Crippen molar-refractivity contribution in [2.24, 2.45) is 0 Å². The van der Waals surface area contributed by atoms with Gasteiger partial charge in [-0.05, 0) is 22.8 Å². The van der Waals surface area contributed by atoms with Gasteiger partial charge in [0.2, 0.25) is 0 Å². The van der Waals surface area contributed by atoms with Crippen molar-refractivity contribution in [2.75, 3.05) is 20.2 Å². The Morgan fingerprint density at radius 1 is 1.16 bits per heavy atom. The largest absolute Gasteiger partial charge is 0.478 e. The monoisotopic (exact) mass is 340 g/mol. The molecule has 1 fully saturated rings. The number of rotatable bonds is 5. The zero-order valence-corrected chi connectivity index (χ0v) is 13.9. The summed E-state index contributed by atoms with van der Waals surface area (Å²) in [4.78, 5) is 25.0. The lowest BCUT2D eigenvalue weighted by molar-refractivity contribution is -0.00770. The molecule has 3 rings (SSSR count). The second-order valence-corrected chi connectivity index (χ2v) is 5.97. The van der Waals surface area contributed by atoms with Gasteiger partial charge in [0.1, 0.15) is 0 Å². The summed E-state index contributed by atoms with van der Waals surface area (Å²) < 4.78 is 5.15. The van der Waals surface area contributed by atoms with Crippen molar-refractivity contribution in [3.8, 4) is 11.1 Å². The number of carbonyl (C=O) groups excluding carboxylic acids is 1. The third-order valence-corrected chi connectivity index (χ3v) is 4.33. The van der Waals surface area contributed by atoms with Crippen LogP contribution in [0, 0.1) is 0 Å². The second-order valence-electron chi connectivity index (χ2n) is 5.97. The van der Waals surface area contributed by atoms with Crippen molar-refractivity contribution >= 4 is 12.0 Å². The zero-order chi connectivity index (χ0) is 17.8. The summed E-state index contributed by atoms with van der Waals surface area (Å²) in [6.07, 6.45) is 0.138. The van der Waals surface area contributed by atoms with Crippen LogP contribution in [0.1, 0.15) is 15.9 Å². The first-order valence-corrected chi connectivity index (χ1v) is 8.05. The van der Waals surface area contributed by atoms with E-state index in [-0.39, 0.29) is 17.7 Å². The first-order chi connectivity index (χ1) is 12.1. The number of likely N-dealkylation sites (tertiary alicyclic amines) is 1. The molecule has 1 aliphatic rings. The molecule has 0 aliphatic carbocycles. The number of amides is 2. The number of ether oxygens (including phenoxy) is 1. The van der Waals surface area contributed by atoms with E-state index in [1.54, 1.807) is 30.2 Å². The standard InChI is InChI=1S/C19H20N2O4/c1-25-15-11-21(12-15)19(24)20-10-13-6-8-14(9-7-13)16-4-2-3-5-17(16)18(22)23/h2-9,15H,10-12H2,1H3,(H,20,24)(H,22,23). The second kappa shape index (κ2) is 7.36. The molecule has 6 heteroatoms. The fourth-order valence-electron chi connectivity index (χ4n) is 2.77. The number of methoxy groups -OCH3 is 1. The number of carboxylic acids is 1. The maximum absolute atomic E-state index is 12.0. The molecule has 0 atom stereocenters. The van der Waals surface area contributed by atoms with Gasteiger partial charge in [0.25, 0.3) is 0 Å². The van der Waals surface area contributed by atoms with E-state index in [4.69, 9.17) is 4.74 Å². The Balaban J connectivity index is 1.61. The van der Waals surface area contributed by atoms with Crippen molar-refractivity contribution in [3.63, 3.8) is 0 Å². The van der Waals surface area contributed by atoms with E-state index in [0.29, 0.717) is 25.2 Å². The lowest BCUT2D eigenvalue weighted by Crippen LogP contribution is -2.57. The Kier molecular flexibility index (Phi) is 5.00. The summed E-state index contributed by atoms with van der Waals surface area (Å²) >= 11 is 0. The average Bonchev–Trinajstić information content (AvgIpc) is 2.59. The fourth-order valence-corrected chi connectivity index (χ4v) is 2.77. The Bertz CT molecular complexity index is 767. The highest BCUT2D eigenvalue weighted by Crippen LogP contribution is 2.24. The summed E-state index contributed by atoms with van der Waals surface area (Å²) in [5.74, 6) is -0.948. The van der Waals surface area contributed by atoms with Crippen LogP contribution in [0.2, 0.25) is 0 Å².